The van der Waals surface area contributed by atoms with Crippen molar-refractivity contribution < 1.29 is 9.53 Å². The molecule has 4 heteroatoms. The molecular weight excluding hydrogens is 282 g/mol. The summed E-state index contributed by atoms with van der Waals surface area (Å²) < 4.78 is 5.25. The average molecular weight is 297 g/mol. The van der Waals surface area contributed by atoms with Crippen LogP contribution in [0.25, 0.3) is 10.9 Å². The fourth-order valence-electron chi connectivity index (χ4n) is 2.39. The summed E-state index contributed by atoms with van der Waals surface area (Å²) in [5, 5.41) is 0.884. The highest BCUT2D eigenvalue weighted by Crippen LogP contribution is 2.28. The largest absolute Gasteiger partial charge is 0.497 e. The first-order chi connectivity index (χ1) is 10.2. The van der Waals surface area contributed by atoms with Gasteiger partial charge in [-0.05, 0) is 36.6 Å². The number of rotatable bonds is 4. The molecule has 0 fully saturated rings. The topological polar surface area (TPSA) is 42.1 Å². The highest BCUT2D eigenvalue weighted by Gasteiger charge is 2.17. The predicted octanol–water partition coefficient (Wildman–Crippen LogP) is 4.13. The summed E-state index contributed by atoms with van der Waals surface area (Å²) in [6.07, 6.45) is 3.74. The van der Waals surface area contributed by atoms with Crippen LogP contribution >= 0.6 is 11.8 Å². The molecule has 0 amide bonds. The molecule has 0 aliphatic carbocycles. The van der Waals surface area contributed by atoms with E-state index in [0.717, 1.165) is 27.1 Å². The van der Waals surface area contributed by atoms with Gasteiger partial charge >= 0.3 is 0 Å². The van der Waals surface area contributed by atoms with Crippen molar-refractivity contribution in [1.29, 1.82) is 0 Å². The molecule has 1 N–H and O–H groups in total. The van der Waals surface area contributed by atoms with Crippen LogP contribution in [0.1, 0.15) is 15.9 Å². The summed E-state index contributed by atoms with van der Waals surface area (Å²) in [7, 11) is 1.62. The Morgan fingerprint density at radius 3 is 2.71 bits per heavy atom. The Balaban J connectivity index is 2.13. The van der Waals surface area contributed by atoms with Gasteiger partial charge in [-0.15, -0.1) is 11.8 Å². The maximum absolute atomic E-state index is 12.8. The molecule has 0 atom stereocenters. The van der Waals surface area contributed by atoms with Crippen LogP contribution in [-0.2, 0) is 0 Å². The molecule has 0 saturated heterocycles. The van der Waals surface area contributed by atoms with E-state index in [1.165, 1.54) is 0 Å². The molecular formula is C17H15NO2S. The van der Waals surface area contributed by atoms with Gasteiger partial charge in [0, 0.05) is 33.1 Å². The third-order valence-corrected chi connectivity index (χ3v) is 4.28. The number of nitrogens with one attached hydrogen (secondary N) is 1. The van der Waals surface area contributed by atoms with Gasteiger partial charge in [-0.2, -0.15) is 0 Å². The first-order valence-corrected chi connectivity index (χ1v) is 7.80. The van der Waals surface area contributed by atoms with Gasteiger partial charge in [0.15, 0.2) is 5.78 Å². The Labute approximate surface area is 127 Å². The quantitative estimate of drug-likeness (QED) is 0.581. The third-order valence-electron chi connectivity index (χ3n) is 3.49. The molecule has 0 bridgehead atoms. The second-order valence-electron chi connectivity index (χ2n) is 4.64. The molecule has 0 saturated carbocycles. The number of carbonyl (C=O) groups is 1. The van der Waals surface area contributed by atoms with E-state index < -0.39 is 0 Å². The van der Waals surface area contributed by atoms with Gasteiger partial charge in [-0.25, -0.2) is 0 Å². The number of benzene rings is 2. The van der Waals surface area contributed by atoms with E-state index in [2.05, 4.69) is 4.98 Å². The van der Waals surface area contributed by atoms with Gasteiger partial charge in [0.05, 0.1) is 7.11 Å². The molecule has 3 nitrogen and oxygen atoms in total. The zero-order valence-corrected chi connectivity index (χ0v) is 12.7. The summed E-state index contributed by atoms with van der Waals surface area (Å²) in [6, 6.07) is 13.4. The average Bonchev–Trinajstić information content (AvgIpc) is 2.97. The Bertz CT molecular complexity index is 807. The van der Waals surface area contributed by atoms with Crippen molar-refractivity contribution in [3.63, 3.8) is 0 Å². The van der Waals surface area contributed by atoms with Crippen LogP contribution in [0.15, 0.2) is 53.6 Å². The van der Waals surface area contributed by atoms with Gasteiger partial charge in [-0.1, -0.05) is 12.1 Å². The van der Waals surface area contributed by atoms with E-state index in [0.29, 0.717) is 5.56 Å². The first-order valence-electron chi connectivity index (χ1n) is 6.57. The normalized spacial score (nSPS) is 10.8. The fraction of sp³-hybridized carbons (Fsp3) is 0.118. The van der Waals surface area contributed by atoms with Crippen molar-refractivity contribution >= 4 is 28.4 Å². The molecule has 1 heterocycles. The van der Waals surface area contributed by atoms with E-state index in [4.69, 9.17) is 4.74 Å². The number of ketones is 1. The van der Waals surface area contributed by atoms with Gasteiger partial charge in [0.25, 0.3) is 0 Å². The summed E-state index contributed by atoms with van der Waals surface area (Å²) in [5.41, 5.74) is 2.33. The van der Waals surface area contributed by atoms with E-state index >= 15 is 0 Å². The molecule has 0 aliphatic rings. The number of thioether (sulfide) groups is 1. The van der Waals surface area contributed by atoms with Crippen molar-refractivity contribution in [2.24, 2.45) is 0 Å². The lowest BCUT2D eigenvalue weighted by molar-refractivity contribution is 0.103. The molecule has 2 aromatic carbocycles. The predicted molar refractivity (Wildman–Crippen MR) is 86.5 cm³/mol. The minimum absolute atomic E-state index is 0.0273. The van der Waals surface area contributed by atoms with Crippen molar-refractivity contribution in [3.8, 4) is 5.75 Å². The van der Waals surface area contributed by atoms with Crippen molar-refractivity contribution in [1.82, 2.24) is 4.98 Å². The number of H-pyrrole nitrogens is 1. The maximum atomic E-state index is 12.8. The molecule has 3 rings (SSSR count). The van der Waals surface area contributed by atoms with Crippen molar-refractivity contribution in [2.75, 3.05) is 13.4 Å². The SMILES string of the molecule is COc1ccc2[nH]cc(C(=O)c3ccccc3SC)c2c1. The standard InChI is InChI=1S/C17H15NO2S/c1-20-11-7-8-15-13(9-11)14(10-18-15)17(19)12-5-3-4-6-16(12)21-2/h3-10,18H,1-2H3. The van der Waals surface area contributed by atoms with Crippen LogP contribution < -0.4 is 4.74 Å². The second-order valence-corrected chi connectivity index (χ2v) is 5.49. The van der Waals surface area contributed by atoms with Gasteiger partial charge in [0.2, 0.25) is 0 Å². The Morgan fingerprint density at radius 2 is 1.95 bits per heavy atom. The molecule has 3 aromatic rings. The number of carbonyl (C=O) groups excluding carboxylic acids is 1. The maximum Gasteiger partial charge on any atom is 0.196 e. The zero-order chi connectivity index (χ0) is 14.8. The van der Waals surface area contributed by atoms with Gasteiger partial charge < -0.3 is 9.72 Å². The van der Waals surface area contributed by atoms with Crippen LogP contribution in [0.3, 0.4) is 0 Å². The number of aromatic amines is 1. The molecule has 0 aliphatic heterocycles. The third kappa shape index (κ3) is 2.43. The number of fused-ring (bicyclic) bond motifs is 1. The lowest BCUT2D eigenvalue weighted by atomic mass is 10.0. The minimum atomic E-state index is 0.0273. The lowest BCUT2D eigenvalue weighted by Crippen LogP contribution is -2.02. The lowest BCUT2D eigenvalue weighted by Gasteiger charge is -2.06. The minimum Gasteiger partial charge on any atom is -0.497 e. The highest BCUT2D eigenvalue weighted by atomic mass is 32.2. The van der Waals surface area contributed by atoms with E-state index in [9.17, 15) is 4.79 Å². The Kier molecular flexibility index (Phi) is 3.71. The Hall–Kier alpha value is -2.20. The molecule has 21 heavy (non-hydrogen) atoms. The molecule has 0 spiro atoms. The molecule has 106 valence electrons. The molecule has 1 aromatic heterocycles. The van der Waals surface area contributed by atoms with Crippen molar-refractivity contribution in [3.05, 3.63) is 59.8 Å². The summed E-state index contributed by atoms with van der Waals surface area (Å²) >= 11 is 1.58. The molecule has 0 radical (unpaired) electrons. The fourth-order valence-corrected chi connectivity index (χ4v) is 2.99. The van der Waals surface area contributed by atoms with E-state index in [1.807, 2.05) is 48.7 Å². The number of hydrogen-bond acceptors (Lipinski definition) is 3. The summed E-state index contributed by atoms with van der Waals surface area (Å²) in [4.78, 5) is 17.0. The number of methoxy groups -OCH3 is 1. The highest BCUT2D eigenvalue weighted by molar-refractivity contribution is 7.98. The van der Waals surface area contributed by atoms with Crippen LogP contribution in [0, 0.1) is 0 Å². The van der Waals surface area contributed by atoms with Gasteiger partial charge in [0.1, 0.15) is 5.75 Å². The smallest absolute Gasteiger partial charge is 0.196 e. The van der Waals surface area contributed by atoms with Gasteiger partial charge in [-0.3, -0.25) is 4.79 Å². The summed E-state index contributed by atoms with van der Waals surface area (Å²) in [6.45, 7) is 0. The van der Waals surface area contributed by atoms with E-state index in [1.54, 1.807) is 25.1 Å². The first kappa shape index (κ1) is 13.8. The number of ether oxygens (including phenoxy) is 1. The van der Waals surface area contributed by atoms with Crippen molar-refractivity contribution in [2.45, 2.75) is 4.90 Å². The number of hydrogen-bond donors (Lipinski definition) is 1. The van der Waals surface area contributed by atoms with Crippen LogP contribution in [0.5, 0.6) is 5.75 Å². The zero-order valence-electron chi connectivity index (χ0n) is 11.8. The van der Waals surface area contributed by atoms with E-state index in [-0.39, 0.29) is 5.78 Å². The summed E-state index contributed by atoms with van der Waals surface area (Å²) in [5.74, 6) is 0.772. The Morgan fingerprint density at radius 1 is 1.14 bits per heavy atom. The number of aromatic nitrogens is 1. The van der Waals surface area contributed by atoms with Crippen LogP contribution in [0.4, 0.5) is 0 Å². The molecule has 0 unspecified atom stereocenters. The van der Waals surface area contributed by atoms with Crippen LogP contribution in [0.2, 0.25) is 0 Å². The van der Waals surface area contributed by atoms with Crippen LogP contribution in [-0.4, -0.2) is 24.1 Å². The second kappa shape index (κ2) is 5.66. The monoisotopic (exact) mass is 297 g/mol.